The number of nitrogens with one attached hydrogen (secondary N) is 2. The number of aromatic nitrogens is 1. The molecular weight excluding hydrogens is 297 g/mol. The van der Waals surface area contributed by atoms with Crippen LogP contribution in [0, 0.1) is 5.82 Å². The number of rotatable bonds is 8. The Hall–Kier alpha value is -2.47. The van der Waals surface area contributed by atoms with Gasteiger partial charge >= 0.3 is 0 Å². The molecule has 2 N–H and O–H groups in total. The Morgan fingerprint density at radius 3 is 2.91 bits per heavy atom. The van der Waals surface area contributed by atoms with E-state index < -0.39 is 0 Å². The molecule has 23 heavy (non-hydrogen) atoms. The summed E-state index contributed by atoms with van der Waals surface area (Å²) in [6, 6.07) is 9.95. The average molecular weight is 317 g/mol. The fraction of sp³-hybridized carbons (Fsp3) is 0.294. The minimum atomic E-state index is -0.259. The smallest absolute Gasteiger partial charge is 0.269 e. The molecule has 2 aromatic rings. The van der Waals surface area contributed by atoms with E-state index in [1.807, 2.05) is 0 Å². The fourth-order valence-electron chi connectivity index (χ4n) is 2.01. The predicted molar refractivity (Wildman–Crippen MR) is 86.8 cm³/mol. The van der Waals surface area contributed by atoms with Crippen molar-refractivity contribution in [3.8, 4) is 0 Å². The second-order valence-corrected chi connectivity index (χ2v) is 4.98. The highest BCUT2D eigenvalue weighted by Crippen LogP contribution is 2.12. The van der Waals surface area contributed by atoms with Crippen molar-refractivity contribution in [3.05, 3.63) is 59.7 Å². The fourth-order valence-corrected chi connectivity index (χ4v) is 2.01. The van der Waals surface area contributed by atoms with E-state index >= 15 is 0 Å². The summed E-state index contributed by atoms with van der Waals surface area (Å²) in [5.74, 6) is -0.499. The van der Waals surface area contributed by atoms with Gasteiger partial charge in [0.25, 0.3) is 5.91 Å². The molecule has 0 aliphatic rings. The normalized spacial score (nSPS) is 10.3. The Balaban J connectivity index is 1.91. The van der Waals surface area contributed by atoms with E-state index in [1.165, 1.54) is 6.07 Å². The molecule has 0 radical (unpaired) electrons. The lowest BCUT2D eigenvalue weighted by molar-refractivity contribution is 0.0943. The van der Waals surface area contributed by atoms with Crippen molar-refractivity contribution in [1.29, 1.82) is 0 Å². The molecule has 0 saturated carbocycles. The lowest BCUT2D eigenvalue weighted by Gasteiger charge is -2.09. The minimum absolute atomic E-state index is 0.240. The van der Waals surface area contributed by atoms with Gasteiger partial charge in [-0.1, -0.05) is 18.2 Å². The van der Waals surface area contributed by atoms with Crippen molar-refractivity contribution in [3.63, 3.8) is 0 Å². The van der Waals surface area contributed by atoms with Gasteiger partial charge in [0.15, 0.2) is 0 Å². The molecule has 1 aromatic heterocycles. The molecule has 5 nitrogen and oxygen atoms in total. The maximum absolute atomic E-state index is 13.6. The first-order valence-electron chi connectivity index (χ1n) is 7.41. The zero-order valence-electron chi connectivity index (χ0n) is 13.0. The van der Waals surface area contributed by atoms with Crippen molar-refractivity contribution in [1.82, 2.24) is 10.3 Å². The molecule has 0 bridgehead atoms. The highest BCUT2D eigenvalue weighted by molar-refractivity contribution is 5.93. The van der Waals surface area contributed by atoms with Gasteiger partial charge < -0.3 is 15.4 Å². The van der Waals surface area contributed by atoms with Gasteiger partial charge in [-0.2, -0.15) is 0 Å². The maximum Gasteiger partial charge on any atom is 0.269 e. The van der Waals surface area contributed by atoms with E-state index in [9.17, 15) is 9.18 Å². The molecule has 0 aliphatic carbocycles. The summed E-state index contributed by atoms with van der Waals surface area (Å²) in [5, 5.41) is 5.87. The zero-order valence-corrected chi connectivity index (χ0v) is 13.0. The number of hydrogen-bond donors (Lipinski definition) is 2. The number of nitrogens with zero attached hydrogens (tertiary/aromatic N) is 1. The molecule has 0 unspecified atom stereocenters. The van der Waals surface area contributed by atoms with E-state index in [-0.39, 0.29) is 11.7 Å². The highest BCUT2D eigenvalue weighted by Gasteiger charge is 2.07. The molecule has 1 heterocycles. The molecule has 6 heteroatoms. The topological polar surface area (TPSA) is 63.2 Å². The lowest BCUT2D eigenvalue weighted by atomic mass is 10.2. The summed E-state index contributed by atoms with van der Waals surface area (Å²) in [5.41, 5.74) is 1.60. The van der Waals surface area contributed by atoms with Gasteiger partial charge in [0, 0.05) is 44.3 Å². The minimum Gasteiger partial charge on any atom is -0.385 e. The van der Waals surface area contributed by atoms with E-state index in [0.717, 1.165) is 6.42 Å². The second kappa shape index (κ2) is 8.85. The van der Waals surface area contributed by atoms with Crippen molar-refractivity contribution in [2.75, 3.05) is 25.6 Å². The number of amides is 1. The third-order valence-corrected chi connectivity index (χ3v) is 3.24. The van der Waals surface area contributed by atoms with Crippen molar-refractivity contribution < 1.29 is 13.9 Å². The summed E-state index contributed by atoms with van der Waals surface area (Å²) in [6.07, 6.45) is 2.29. The molecular formula is C17H20FN3O2. The van der Waals surface area contributed by atoms with Crippen LogP contribution < -0.4 is 10.6 Å². The summed E-state index contributed by atoms with van der Waals surface area (Å²) in [4.78, 5) is 16.0. The Morgan fingerprint density at radius 2 is 2.13 bits per heavy atom. The van der Waals surface area contributed by atoms with Crippen LogP contribution in [0.1, 0.15) is 22.5 Å². The molecule has 2 rings (SSSR count). The predicted octanol–water partition coefficient (Wildman–Crippen LogP) is 2.60. The van der Waals surface area contributed by atoms with E-state index in [2.05, 4.69) is 15.6 Å². The van der Waals surface area contributed by atoms with Crippen LogP contribution in [0.4, 0.5) is 10.1 Å². The van der Waals surface area contributed by atoms with Crippen LogP contribution in [0.5, 0.6) is 0 Å². The number of methoxy groups -OCH3 is 1. The van der Waals surface area contributed by atoms with Crippen LogP contribution in [0.25, 0.3) is 0 Å². The number of hydrogen-bond acceptors (Lipinski definition) is 4. The van der Waals surface area contributed by atoms with Crippen molar-refractivity contribution in [2.24, 2.45) is 0 Å². The zero-order chi connectivity index (χ0) is 16.5. The summed E-state index contributed by atoms with van der Waals surface area (Å²) >= 11 is 0. The van der Waals surface area contributed by atoms with E-state index in [1.54, 1.807) is 43.6 Å². The molecule has 122 valence electrons. The van der Waals surface area contributed by atoms with Crippen LogP contribution in [0.2, 0.25) is 0 Å². The largest absolute Gasteiger partial charge is 0.385 e. The number of carbonyl (C=O) groups excluding carboxylic acids is 1. The lowest BCUT2D eigenvalue weighted by Crippen LogP contribution is -2.26. The van der Waals surface area contributed by atoms with Gasteiger partial charge in [0.05, 0.1) is 0 Å². The average Bonchev–Trinajstić information content (AvgIpc) is 2.58. The number of ether oxygens (including phenoxy) is 1. The number of benzene rings is 1. The van der Waals surface area contributed by atoms with Crippen LogP contribution in [-0.2, 0) is 11.3 Å². The molecule has 1 amide bonds. The number of halogens is 1. The Labute approximate surface area is 134 Å². The molecule has 0 atom stereocenters. The van der Waals surface area contributed by atoms with Gasteiger partial charge in [0.1, 0.15) is 11.5 Å². The molecule has 0 fully saturated rings. The number of anilines is 1. The van der Waals surface area contributed by atoms with Crippen LogP contribution >= 0.6 is 0 Å². The van der Waals surface area contributed by atoms with Gasteiger partial charge in [-0.3, -0.25) is 9.78 Å². The first-order chi connectivity index (χ1) is 11.2. The second-order valence-electron chi connectivity index (χ2n) is 4.98. The molecule has 1 aromatic carbocycles. The summed E-state index contributed by atoms with van der Waals surface area (Å²) < 4.78 is 18.5. The Morgan fingerprint density at radius 1 is 1.30 bits per heavy atom. The summed E-state index contributed by atoms with van der Waals surface area (Å²) in [6.45, 7) is 1.46. The molecule has 0 spiro atoms. The van der Waals surface area contributed by atoms with E-state index in [0.29, 0.717) is 36.6 Å². The van der Waals surface area contributed by atoms with Gasteiger partial charge in [-0.05, 0) is 24.6 Å². The molecule has 0 saturated heterocycles. The quantitative estimate of drug-likeness (QED) is 0.735. The Bertz CT molecular complexity index is 649. The van der Waals surface area contributed by atoms with Crippen LogP contribution in [0.3, 0.4) is 0 Å². The number of carbonyl (C=O) groups is 1. The monoisotopic (exact) mass is 317 g/mol. The van der Waals surface area contributed by atoms with Crippen molar-refractivity contribution in [2.45, 2.75) is 13.0 Å². The first-order valence-corrected chi connectivity index (χ1v) is 7.41. The third kappa shape index (κ3) is 5.34. The summed E-state index contributed by atoms with van der Waals surface area (Å²) in [7, 11) is 1.62. The molecule has 0 aliphatic heterocycles. The van der Waals surface area contributed by atoms with Gasteiger partial charge in [0.2, 0.25) is 0 Å². The maximum atomic E-state index is 13.6. The highest BCUT2D eigenvalue weighted by atomic mass is 19.1. The van der Waals surface area contributed by atoms with E-state index in [4.69, 9.17) is 4.74 Å². The van der Waals surface area contributed by atoms with Crippen LogP contribution in [0.15, 0.2) is 42.6 Å². The SMILES string of the molecule is COCCCNC(=O)c1cc(NCc2ccccc2F)ccn1. The third-order valence-electron chi connectivity index (χ3n) is 3.24. The number of pyridine rings is 1. The van der Waals surface area contributed by atoms with Crippen LogP contribution in [-0.4, -0.2) is 31.2 Å². The Kier molecular flexibility index (Phi) is 6.50. The van der Waals surface area contributed by atoms with Crippen molar-refractivity contribution >= 4 is 11.6 Å². The first kappa shape index (κ1) is 16.9. The van der Waals surface area contributed by atoms with Gasteiger partial charge in [-0.25, -0.2) is 4.39 Å². The standard InChI is InChI=1S/C17H20FN3O2/c1-23-10-4-8-20-17(22)16-11-14(7-9-19-16)21-12-13-5-2-3-6-15(13)18/h2-3,5-7,9,11H,4,8,10,12H2,1H3,(H,19,21)(H,20,22). The van der Waals surface area contributed by atoms with Gasteiger partial charge in [-0.15, -0.1) is 0 Å².